The topological polar surface area (TPSA) is 90.1 Å². The van der Waals surface area contributed by atoms with Gasteiger partial charge in [0.2, 0.25) is 0 Å². The zero-order chi connectivity index (χ0) is 19.2. The van der Waals surface area contributed by atoms with Gasteiger partial charge in [0.1, 0.15) is 17.2 Å². The minimum atomic E-state index is -0.505. The summed E-state index contributed by atoms with van der Waals surface area (Å²) in [5.74, 6) is 1.05. The van der Waals surface area contributed by atoms with Crippen molar-refractivity contribution >= 4 is 49.6 Å². The third-order valence-corrected chi connectivity index (χ3v) is 4.37. The normalized spacial score (nSPS) is 10.5. The number of amides is 1. The summed E-state index contributed by atoms with van der Waals surface area (Å²) in [5, 5.41) is 2.57. The molecule has 0 atom stereocenters. The summed E-state index contributed by atoms with van der Waals surface area (Å²) in [6.07, 6.45) is -0.498. The minimum Gasteiger partial charge on any atom is -0.444 e. The molecule has 0 bridgehead atoms. The molecular formula is C17H22Br2N4O2. The molecule has 1 amide bonds. The second kappa shape index (κ2) is 9.15. The fourth-order valence-electron chi connectivity index (χ4n) is 1.59. The molecule has 0 aromatic carbocycles. The first-order chi connectivity index (χ1) is 11.5. The van der Waals surface area contributed by atoms with Gasteiger partial charge in [-0.3, -0.25) is 5.32 Å². The lowest BCUT2D eigenvalue weighted by atomic mass is 10.2. The average molecular weight is 474 g/mol. The molecule has 25 heavy (non-hydrogen) atoms. The Labute approximate surface area is 164 Å². The number of nitrogens with zero attached hydrogens (tertiary/aromatic N) is 2. The number of halogens is 2. The number of rotatable bonds is 1. The van der Waals surface area contributed by atoms with Gasteiger partial charge in [-0.05, 0) is 90.7 Å². The van der Waals surface area contributed by atoms with Crippen molar-refractivity contribution in [2.45, 2.75) is 40.2 Å². The van der Waals surface area contributed by atoms with E-state index in [1.165, 1.54) is 0 Å². The standard InChI is InChI=1S/C11H15BrN2O2.C6H7BrN2/c1-7-8(12)5-6-9(13-7)14-10(15)16-11(2,3)4;1-4-5(7)2-3-6(8)9-4/h5-6H,1-4H3,(H,13,14,15);2-3H,1H3,(H2,8,9). The summed E-state index contributed by atoms with van der Waals surface area (Å²) in [6, 6.07) is 7.19. The first-order valence-electron chi connectivity index (χ1n) is 7.49. The Balaban J connectivity index is 0.000000293. The van der Waals surface area contributed by atoms with Crippen LogP contribution in [0.1, 0.15) is 32.2 Å². The van der Waals surface area contributed by atoms with Gasteiger partial charge in [-0.15, -0.1) is 0 Å². The van der Waals surface area contributed by atoms with E-state index in [1.807, 2.05) is 46.8 Å². The molecule has 0 saturated carbocycles. The fraction of sp³-hybridized carbons (Fsp3) is 0.353. The number of aromatic nitrogens is 2. The molecule has 0 aliphatic carbocycles. The summed E-state index contributed by atoms with van der Waals surface area (Å²) in [7, 11) is 0. The Kier molecular flexibility index (Phi) is 7.82. The summed E-state index contributed by atoms with van der Waals surface area (Å²) < 4.78 is 7.01. The highest BCUT2D eigenvalue weighted by Crippen LogP contribution is 2.17. The van der Waals surface area contributed by atoms with Gasteiger partial charge in [-0.25, -0.2) is 14.8 Å². The van der Waals surface area contributed by atoms with E-state index in [2.05, 4.69) is 47.1 Å². The molecular weight excluding hydrogens is 452 g/mol. The van der Waals surface area contributed by atoms with E-state index in [0.29, 0.717) is 11.6 Å². The summed E-state index contributed by atoms with van der Waals surface area (Å²) in [4.78, 5) is 19.6. The van der Waals surface area contributed by atoms with E-state index in [1.54, 1.807) is 12.1 Å². The van der Waals surface area contributed by atoms with Crippen LogP contribution >= 0.6 is 31.9 Å². The van der Waals surface area contributed by atoms with Gasteiger partial charge < -0.3 is 10.5 Å². The molecule has 8 heteroatoms. The number of nitrogens with two attached hydrogens (primary N) is 1. The largest absolute Gasteiger partial charge is 0.444 e. The van der Waals surface area contributed by atoms with Gasteiger partial charge >= 0.3 is 6.09 Å². The predicted octanol–water partition coefficient (Wildman–Crippen LogP) is 5.23. The van der Waals surface area contributed by atoms with E-state index in [-0.39, 0.29) is 0 Å². The maximum absolute atomic E-state index is 11.4. The Bertz CT molecular complexity index is 746. The third-order valence-electron chi connectivity index (χ3n) is 2.69. The van der Waals surface area contributed by atoms with Crippen molar-refractivity contribution in [3.63, 3.8) is 0 Å². The quantitative estimate of drug-likeness (QED) is 0.591. The molecule has 0 saturated heterocycles. The highest BCUT2D eigenvalue weighted by molar-refractivity contribution is 9.10. The summed E-state index contributed by atoms with van der Waals surface area (Å²) >= 11 is 6.65. The molecule has 2 heterocycles. The van der Waals surface area contributed by atoms with Gasteiger partial charge in [0.25, 0.3) is 0 Å². The molecule has 0 fully saturated rings. The molecule has 0 spiro atoms. The number of nitrogen functional groups attached to an aromatic ring is 1. The molecule has 0 radical (unpaired) electrons. The number of carbonyl (C=O) groups is 1. The Morgan fingerprint density at radius 2 is 1.56 bits per heavy atom. The number of ether oxygens (including phenoxy) is 1. The van der Waals surface area contributed by atoms with Crippen molar-refractivity contribution in [3.8, 4) is 0 Å². The third kappa shape index (κ3) is 8.31. The summed E-state index contributed by atoms with van der Waals surface area (Å²) in [5.41, 5.74) is 6.63. The average Bonchev–Trinajstić information content (AvgIpc) is 2.46. The fourth-order valence-corrected chi connectivity index (χ4v) is 2.03. The SMILES string of the molecule is Cc1nc(N)ccc1Br.Cc1nc(NC(=O)OC(C)(C)C)ccc1Br. The number of hydrogen-bond donors (Lipinski definition) is 2. The van der Waals surface area contributed by atoms with Gasteiger partial charge in [0, 0.05) is 8.95 Å². The lowest BCUT2D eigenvalue weighted by Gasteiger charge is -2.19. The molecule has 2 aromatic rings. The molecule has 0 aliphatic rings. The Hall–Kier alpha value is -1.67. The Morgan fingerprint density at radius 3 is 2.00 bits per heavy atom. The molecule has 136 valence electrons. The van der Waals surface area contributed by atoms with E-state index in [0.717, 1.165) is 20.3 Å². The van der Waals surface area contributed by atoms with Crippen LogP contribution in [-0.4, -0.2) is 21.7 Å². The van der Waals surface area contributed by atoms with Crippen LogP contribution in [0.4, 0.5) is 16.4 Å². The molecule has 0 aliphatic heterocycles. The van der Waals surface area contributed by atoms with Crippen molar-refractivity contribution in [3.05, 3.63) is 44.6 Å². The first kappa shape index (κ1) is 21.4. The number of aryl methyl sites for hydroxylation is 2. The van der Waals surface area contributed by atoms with Crippen molar-refractivity contribution in [1.29, 1.82) is 0 Å². The van der Waals surface area contributed by atoms with Crippen LogP contribution in [0.3, 0.4) is 0 Å². The van der Waals surface area contributed by atoms with Crippen LogP contribution in [0.25, 0.3) is 0 Å². The molecule has 2 aromatic heterocycles. The molecule has 2 rings (SSSR count). The monoisotopic (exact) mass is 472 g/mol. The molecule has 3 N–H and O–H groups in total. The maximum Gasteiger partial charge on any atom is 0.413 e. The van der Waals surface area contributed by atoms with Gasteiger partial charge in [0.15, 0.2) is 0 Å². The van der Waals surface area contributed by atoms with Crippen LogP contribution < -0.4 is 11.1 Å². The van der Waals surface area contributed by atoms with E-state index in [4.69, 9.17) is 10.5 Å². The van der Waals surface area contributed by atoms with Crippen LogP contribution in [0.2, 0.25) is 0 Å². The van der Waals surface area contributed by atoms with E-state index in [9.17, 15) is 4.79 Å². The highest BCUT2D eigenvalue weighted by atomic mass is 79.9. The number of hydrogen-bond acceptors (Lipinski definition) is 5. The number of nitrogens with one attached hydrogen (secondary N) is 1. The smallest absolute Gasteiger partial charge is 0.413 e. The number of pyridine rings is 2. The summed E-state index contributed by atoms with van der Waals surface area (Å²) in [6.45, 7) is 9.19. The lowest BCUT2D eigenvalue weighted by molar-refractivity contribution is 0.0635. The second-order valence-electron chi connectivity index (χ2n) is 6.19. The van der Waals surface area contributed by atoms with Gasteiger partial charge in [-0.1, -0.05) is 0 Å². The Morgan fingerprint density at radius 1 is 1.04 bits per heavy atom. The lowest BCUT2D eigenvalue weighted by Crippen LogP contribution is -2.27. The zero-order valence-electron chi connectivity index (χ0n) is 14.9. The maximum atomic E-state index is 11.4. The number of carbonyl (C=O) groups excluding carboxylic acids is 1. The minimum absolute atomic E-state index is 0.481. The zero-order valence-corrected chi connectivity index (χ0v) is 18.0. The van der Waals surface area contributed by atoms with E-state index < -0.39 is 11.7 Å². The van der Waals surface area contributed by atoms with Crippen LogP contribution in [0, 0.1) is 13.8 Å². The molecule has 6 nitrogen and oxygen atoms in total. The number of anilines is 2. The molecule has 0 unspecified atom stereocenters. The van der Waals surface area contributed by atoms with Crippen molar-refractivity contribution in [2.24, 2.45) is 0 Å². The van der Waals surface area contributed by atoms with Crippen molar-refractivity contribution in [1.82, 2.24) is 9.97 Å². The van der Waals surface area contributed by atoms with Crippen LogP contribution in [0.5, 0.6) is 0 Å². The van der Waals surface area contributed by atoms with Crippen LogP contribution in [-0.2, 0) is 4.74 Å². The highest BCUT2D eigenvalue weighted by Gasteiger charge is 2.16. The van der Waals surface area contributed by atoms with Crippen molar-refractivity contribution < 1.29 is 9.53 Å². The van der Waals surface area contributed by atoms with E-state index >= 15 is 0 Å². The first-order valence-corrected chi connectivity index (χ1v) is 9.08. The van der Waals surface area contributed by atoms with Gasteiger partial charge in [-0.2, -0.15) is 0 Å². The predicted molar refractivity (Wildman–Crippen MR) is 108 cm³/mol. The second-order valence-corrected chi connectivity index (χ2v) is 7.90. The van der Waals surface area contributed by atoms with Crippen LogP contribution in [0.15, 0.2) is 33.2 Å². The van der Waals surface area contributed by atoms with Gasteiger partial charge in [0.05, 0.1) is 11.4 Å². The van der Waals surface area contributed by atoms with Crippen molar-refractivity contribution in [2.75, 3.05) is 11.1 Å².